The molecule has 3 nitrogen and oxygen atoms in total. The van der Waals surface area contributed by atoms with E-state index in [4.69, 9.17) is 4.74 Å². The number of ether oxygens (including phenoxy) is 1. The van der Waals surface area contributed by atoms with Crippen molar-refractivity contribution in [1.29, 1.82) is 0 Å². The van der Waals surface area contributed by atoms with Crippen LogP contribution < -0.4 is 0 Å². The lowest BCUT2D eigenvalue weighted by molar-refractivity contribution is -0.160. The van der Waals surface area contributed by atoms with Crippen LogP contribution in [0.1, 0.15) is 38.3 Å². The SMILES string of the molecule is CC(C)(C)OC(=O)[C@H](Cc1ccccc1)C[C@H](CO)Cc1ccc(-c2ccccc2)cc1. The quantitative estimate of drug-likeness (QED) is 0.418. The first-order valence-electron chi connectivity index (χ1n) is 11.4. The molecule has 32 heavy (non-hydrogen) atoms. The molecule has 0 aliphatic heterocycles. The van der Waals surface area contributed by atoms with Gasteiger partial charge in [0.25, 0.3) is 0 Å². The van der Waals surface area contributed by atoms with E-state index >= 15 is 0 Å². The molecule has 0 radical (unpaired) electrons. The number of hydrogen-bond acceptors (Lipinski definition) is 3. The summed E-state index contributed by atoms with van der Waals surface area (Å²) in [7, 11) is 0. The van der Waals surface area contributed by atoms with E-state index in [1.54, 1.807) is 0 Å². The molecule has 0 aliphatic carbocycles. The number of esters is 1. The van der Waals surface area contributed by atoms with E-state index in [0.29, 0.717) is 12.8 Å². The van der Waals surface area contributed by atoms with Crippen molar-refractivity contribution in [3.63, 3.8) is 0 Å². The summed E-state index contributed by atoms with van der Waals surface area (Å²) in [4.78, 5) is 13.0. The Morgan fingerprint density at radius 2 is 1.31 bits per heavy atom. The first kappa shape index (κ1) is 23.7. The molecule has 0 saturated carbocycles. The lowest BCUT2D eigenvalue weighted by Crippen LogP contribution is -2.31. The predicted octanol–water partition coefficient (Wildman–Crippen LogP) is 6.10. The Morgan fingerprint density at radius 3 is 1.88 bits per heavy atom. The van der Waals surface area contributed by atoms with Gasteiger partial charge in [-0.2, -0.15) is 0 Å². The molecule has 0 spiro atoms. The molecule has 0 aliphatic rings. The van der Waals surface area contributed by atoms with E-state index in [9.17, 15) is 9.90 Å². The van der Waals surface area contributed by atoms with Crippen molar-refractivity contribution in [2.75, 3.05) is 6.61 Å². The summed E-state index contributed by atoms with van der Waals surface area (Å²) < 4.78 is 5.71. The number of carbonyl (C=O) groups excluding carboxylic acids is 1. The fourth-order valence-electron chi connectivity index (χ4n) is 3.97. The number of benzene rings is 3. The van der Waals surface area contributed by atoms with Gasteiger partial charge in [-0.15, -0.1) is 0 Å². The molecule has 1 N–H and O–H groups in total. The largest absolute Gasteiger partial charge is 0.460 e. The first-order valence-corrected chi connectivity index (χ1v) is 11.4. The topological polar surface area (TPSA) is 46.5 Å². The minimum Gasteiger partial charge on any atom is -0.460 e. The van der Waals surface area contributed by atoms with Gasteiger partial charge in [0.2, 0.25) is 0 Å². The highest BCUT2D eigenvalue weighted by Gasteiger charge is 2.28. The van der Waals surface area contributed by atoms with Crippen molar-refractivity contribution in [2.45, 2.75) is 45.6 Å². The average molecular weight is 431 g/mol. The average Bonchev–Trinajstić information content (AvgIpc) is 2.78. The molecular weight excluding hydrogens is 396 g/mol. The third-order valence-corrected chi connectivity index (χ3v) is 5.53. The maximum atomic E-state index is 13.0. The third kappa shape index (κ3) is 7.35. The second-order valence-corrected chi connectivity index (χ2v) is 9.47. The number of hydrogen-bond donors (Lipinski definition) is 1. The zero-order valence-electron chi connectivity index (χ0n) is 19.3. The van der Waals surface area contributed by atoms with Crippen LogP contribution in [-0.2, 0) is 22.4 Å². The summed E-state index contributed by atoms with van der Waals surface area (Å²) in [6.45, 7) is 5.71. The summed E-state index contributed by atoms with van der Waals surface area (Å²) in [5.41, 5.74) is 4.09. The van der Waals surface area contributed by atoms with Gasteiger partial charge in [-0.25, -0.2) is 0 Å². The smallest absolute Gasteiger partial charge is 0.309 e. The summed E-state index contributed by atoms with van der Waals surface area (Å²) in [6.07, 6.45) is 1.92. The molecule has 0 saturated heterocycles. The molecule has 0 fully saturated rings. The number of carbonyl (C=O) groups is 1. The van der Waals surface area contributed by atoms with Gasteiger partial charge in [0.15, 0.2) is 0 Å². The van der Waals surface area contributed by atoms with Crippen molar-refractivity contribution >= 4 is 5.97 Å². The molecule has 0 aromatic heterocycles. The molecule has 0 bridgehead atoms. The third-order valence-electron chi connectivity index (χ3n) is 5.53. The molecule has 2 atom stereocenters. The first-order chi connectivity index (χ1) is 15.3. The Kier molecular flexibility index (Phi) is 8.24. The normalized spacial score (nSPS) is 13.4. The van der Waals surface area contributed by atoms with E-state index < -0.39 is 5.60 Å². The van der Waals surface area contributed by atoms with E-state index in [2.05, 4.69) is 36.4 Å². The molecule has 0 heterocycles. The van der Waals surface area contributed by atoms with Crippen molar-refractivity contribution in [1.82, 2.24) is 0 Å². The summed E-state index contributed by atoms with van der Waals surface area (Å²) in [5.74, 6) is -0.504. The zero-order chi connectivity index (χ0) is 23.0. The van der Waals surface area contributed by atoms with E-state index in [1.165, 1.54) is 11.1 Å². The van der Waals surface area contributed by atoms with Crippen LogP contribution in [0.25, 0.3) is 11.1 Å². The van der Waals surface area contributed by atoms with Gasteiger partial charge in [-0.1, -0.05) is 84.9 Å². The molecule has 168 valence electrons. The number of aliphatic hydroxyl groups excluding tert-OH is 1. The highest BCUT2D eigenvalue weighted by atomic mass is 16.6. The second kappa shape index (κ2) is 11.1. The van der Waals surface area contributed by atoms with Gasteiger partial charge in [-0.3, -0.25) is 4.79 Å². The van der Waals surface area contributed by atoms with E-state index in [0.717, 1.165) is 17.5 Å². The van der Waals surface area contributed by atoms with Crippen molar-refractivity contribution < 1.29 is 14.6 Å². The molecule has 0 amide bonds. The Balaban J connectivity index is 1.71. The summed E-state index contributed by atoms with van der Waals surface area (Å²) in [5, 5.41) is 10.1. The van der Waals surface area contributed by atoms with Crippen molar-refractivity contribution in [3.8, 4) is 11.1 Å². The summed E-state index contributed by atoms with van der Waals surface area (Å²) >= 11 is 0. The lowest BCUT2D eigenvalue weighted by Gasteiger charge is -2.26. The molecule has 3 heteroatoms. The van der Waals surface area contributed by atoms with Gasteiger partial charge in [-0.05, 0) is 68.2 Å². The van der Waals surface area contributed by atoms with Gasteiger partial charge in [0.05, 0.1) is 5.92 Å². The monoisotopic (exact) mass is 430 g/mol. The molecule has 3 rings (SSSR count). The van der Waals surface area contributed by atoms with Crippen LogP contribution in [0.4, 0.5) is 0 Å². The zero-order valence-corrected chi connectivity index (χ0v) is 19.3. The van der Waals surface area contributed by atoms with Crippen LogP contribution in [0, 0.1) is 11.8 Å². The van der Waals surface area contributed by atoms with Gasteiger partial charge in [0.1, 0.15) is 5.60 Å². The maximum Gasteiger partial charge on any atom is 0.309 e. The fourth-order valence-corrected chi connectivity index (χ4v) is 3.97. The van der Waals surface area contributed by atoms with Crippen LogP contribution in [-0.4, -0.2) is 23.3 Å². The van der Waals surface area contributed by atoms with Gasteiger partial charge >= 0.3 is 5.97 Å². The van der Waals surface area contributed by atoms with Crippen molar-refractivity contribution in [3.05, 3.63) is 96.1 Å². The Labute approximate surface area is 192 Å². The van der Waals surface area contributed by atoms with Gasteiger partial charge in [0, 0.05) is 6.61 Å². The molecule has 3 aromatic carbocycles. The van der Waals surface area contributed by atoms with E-state index in [1.807, 2.05) is 69.3 Å². The molecule has 0 unspecified atom stereocenters. The Hall–Kier alpha value is -2.91. The van der Waals surface area contributed by atoms with Crippen LogP contribution in [0.15, 0.2) is 84.9 Å². The van der Waals surface area contributed by atoms with Crippen LogP contribution >= 0.6 is 0 Å². The second-order valence-electron chi connectivity index (χ2n) is 9.47. The minimum atomic E-state index is -0.534. The standard InChI is InChI=1S/C29H34O3/c1-29(2,3)32-28(31)27(19-22-10-6-4-7-11-22)20-24(21-30)18-23-14-16-26(17-15-23)25-12-8-5-9-13-25/h4-17,24,27,30H,18-21H2,1-3H3/t24-,27-/m1/s1. The maximum absolute atomic E-state index is 13.0. The van der Waals surface area contributed by atoms with Crippen molar-refractivity contribution in [2.24, 2.45) is 11.8 Å². The number of aliphatic hydroxyl groups is 1. The van der Waals surface area contributed by atoms with E-state index in [-0.39, 0.29) is 24.4 Å². The fraction of sp³-hybridized carbons (Fsp3) is 0.345. The van der Waals surface area contributed by atoms with Gasteiger partial charge < -0.3 is 9.84 Å². The number of rotatable bonds is 9. The summed E-state index contributed by atoms with van der Waals surface area (Å²) in [6, 6.07) is 28.8. The van der Waals surface area contributed by atoms with Crippen LogP contribution in [0.2, 0.25) is 0 Å². The molecular formula is C29H34O3. The Bertz CT molecular complexity index is 957. The molecule has 3 aromatic rings. The van der Waals surface area contributed by atoms with Crippen LogP contribution in [0.5, 0.6) is 0 Å². The van der Waals surface area contributed by atoms with Crippen LogP contribution in [0.3, 0.4) is 0 Å². The minimum absolute atomic E-state index is 0.0150. The highest BCUT2D eigenvalue weighted by molar-refractivity contribution is 5.73. The predicted molar refractivity (Wildman–Crippen MR) is 130 cm³/mol. The lowest BCUT2D eigenvalue weighted by atomic mass is 9.86. The Morgan fingerprint density at radius 1 is 0.781 bits per heavy atom. The highest BCUT2D eigenvalue weighted by Crippen LogP contribution is 2.26.